The average Bonchev–Trinajstić information content (AvgIpc) is 2.56. The third-order valence-electron chi connectivity index (χ3n) is 5.24. The summed E-state index contributed by atoms with van der Waals surface area (Å²) < 4.78 is 0. The van der Waals surface area contributed by atoms with Gasteiger partial charge in [0, 0.05) is 37.4 Å². The zero-order chi connectivity index (χ0) is 15.4. The van der Waals surface area contributed by atoms with Gasteiger partial charge in [-0.25, -0.2) is 0 Å². The molecule has 2 N–H and O–H groups in total. The Hall–Kier alpha value is -0.840. The van der Waals surface area contributed by atoms with Crippen LogP contribution in [0.25, 0.3) is 0 Å². The number of halogens is 2. The van der Waals surface area contributed by atoms with Crippen LogP contribution in [0, 0.1) is 11.8 Å². The molecule has 3 rings (SSSR count). The molecule has 0 unspecified atom stereocenters. The molecule has 1 amide bonds. The molecule has 2 atom stereocenters. The Morgan fingerprint density at radius 3 is 2.58 bits per heavy atom. The maximum absolute atomic E-state index is 12.6. The van der Waals surface area contributed by atoms with E-state index in [0.29, 0.717) is 11.8 Å². The molecule has 0 bridgehead atoms. The summed E-state index contributed by atoms with van der Waals surface area (Å²) in [5, 5.41) is 0. The minimum Gasteiger partial charge on any atom is -0.342 e. The largest absolute Gasteiger partial charge is 0.342 e. The number of rotatable bonds is 3. The summed E-state index contributed by atoms with van der Waals surface area (Å²) in [6.45, 7) is 1.82. The van der Waals surface area contributed by atoms with Gasteiger partial charge in [-0.1, -0.05) is 12.5 Å². The Kier molecular flexibility index (Phi) is 9.03. The van der Waals surface area contributed by atoms with Crippen molar-refractivity contribution in [2.24, 2.45) is 17.6 Å². The van der Waals surface area contributed by atoms with Gasteiger partial charge in [0.15, 0.2) is 0 Å². The summed E-state index contributed by atoms with van der Waals surface area (Å²) >= 11 is 0. The van der Waals surface area contributed by atoms with Crippen molar-refractivity contribution in [3.8, 4) is 0 Å². The topological polar surface area (TPSA) is 59.2 Å². The van der Waals surface area contributed by atoms with Crippen LogP contribution in [-0.2, 0) is 11.2 Å². The molecule has 1 aliphatic carbocycles. The van der Waals surface area contributed by atoms with Gasteiger partial charge in [-0.3, -0.25) is 9.78 Å². The lowest BCUT2D eigenvalue weighted by Crippen LogP contribution is -2.44. The van der Waals surface area contributed by atoms with Gasteiger partial charge in [-0.2, -0.15) is 0 Å². The van der Waals surface area contributed by atoms with Crippen molar-refractivity contribution in [3.05, 3.63) is 30.1 Å². The summed E-state index contributed by atoms with van der Waals surface area (Å²) in [5.74, 6) is 1.22. The molecule has 0 radical (unpaired) electrons. The molecule has 6 heteroatoms. The Balaban J connectivity index is 0.00000144. The highest BCUT2D eigenvalue weighted by atomic mass is 35.5. The van der Waals surface area contributed by atoms with Crippen LogP contribution in [0.2, 0.25) is 0 Å². The number of piperidine rings is 1. The van der Waals surface area contributed by atoms with Crippen LogP contribution < -0.4 is 5.73 Å². The molecule has 1 saturated carbocycles. The number of amides is 1. The third-order valence-corrected chi connectivity index (χ3v) is 5.24. The van der Waals surface area contributed by atoms with Gasteiger partial charge in [-0.15, -0.1) is 24.8 Å². The van der Waals surface area contributed by atoms with Crippen molar-refractivity contribution >= 4 is 30.7 Å². The van der Waals surface area contributed by atoms with E-state index in [1.807, 2.05) is 18.5 Å². The third kappa shape index (κ3) is 5.61. The van der Waals surface area contributed by atoms with E-state index in [-0.39, 0.29) is 36.8 Å². The second kappa shape index (κ2) is 10.2. The fourth-order valence-electron chi connectivity index (χ4n) is 3.92. The maximum Gasteiger partial charge on any atom is 0.225 e. The molecule has 0 spiro atoms. The van der Waals surface area contributed by atoms with Crippen molar-refractivity contribution in [2.45, 2.75) is 51.0 Å². The van der Waals surface area contributed by atoms with Gasteiger partial charge in [0.2, 0.25) is 5.91 Å². The van der Waals surface area contributed by atoms with Crippen molar-refractivity contribution in [1.29, 1.82) is 0 Å². The molecule has 2 aliphatic rings. The molecule has 1 aliphatic heterocycles. The Morgan fingerprint density at radius 1 is 1.21 bits per heavy atom. The van der Waals surface area contributed by atoms with E-state index in [2.05, 4.69) is 16.0 Å². The van der Waals surface area contributed by atoms with E-state index in [0.717, 1.165) is 58.0 Å². The number of carbonyl (C=O) groups excluding carboxylic acids is 1. The summed E-state index contributed by atoms with van der Waals surface area (Å²) in [6, 6.07) is 4.37. The van der Waals surface area contributed by atoms with Gasteiger partial charge in [0.25, 0.3) is 0 Å². The molecule has 136 valence electrons. The Bertz CT molecular complexity index is 492. The highest BCUT2D eigenvalue weighted by molar-refractivity contribution is 5.85. The quantitative estimate of drug-likeness (QED) is 0.884. The zero-order valence-corrected chi connectivity index (χ0v) is 15.7. The number of pyridine rings is 1. The first kappa shape index (κ1) is 21.2. The SMILES string of the molecule is Cl.Cl.N[C@H]1CCC[C@@H](C(=O)N2CCC(Cc3cccnc3)CC2)C1. The lowest BCUT2D eigenvalue weighted by atomic mass is 9.84. The Labute approximate surface area is 157 Å². The van der Waals surface area contributed by atoms with Gasteiger partial charge in [-0.05, 0) is 56.1 Å². The van der Waals surface area contributed by atoms with Gasteiger partial charge in [0.05, 0.1) is 0 Å². The number of aromatic nitrogens is 1. The van der Waals surface area contributed by atoms with Crippen LogP contribution in [0.15, 0.2) is 24.5 Å². The molecule has 24 heavy (non-hydrogen) atoms. The van der Waals surface area contributed by atoms with Gasteiger partial charge in [0.1, 0.15) is 0 Å². The summed E-state index contributed by atoms with van der Waals surface area (Å²) in [6.07, 6.45) is 11.2. The number of likely N-dealkylation sites (tertiary alicyclic amines) is 1. The minimum atomic E-state index is 0. The van der Waals surface area contributed by atoms with Crippen molar-refractivity contribution < 1.29 is 4.79 Å². The van der Waals surface area contributed by atoms with Crippen molar-refractivity contribution in [1.82, 2.24) is 9.88 Å². The first-order valence-electron chi connectivity index (χ1n) is 8.65. The van der Waals surface area contributed by atoms with E-state index < -0.39 is 0 Å². The van der Waals surface area contributed by atoms with Gasteiger partial charge < -0.3 is 10.6 Å². The molecule has 2 fully saturated rings. The number of nitrogens with two attached hydrogens (primary N) is 1. The molecule has 1 aromatic rings. The molecule has 4 nitrogen and oxygen atoms in total. The standard InChI is InChI=1S/C18H27N3O.2ClH/c19-17-5-1-4-16(12-17)18(22)21-9-6-14(7-10-21)11-15-3-2-8-20-13-15;;/h2-3,8,13-14,16-17H,1,4-7,9-12,19H2;2*1H/t16-,17+;;/m1../s1. The fraction of sp³-hybridized carbons (Fsp3) is 0.667. The van der Waals surface area contributed by atoms with Crippen molar-refractivity contribution in [2.75, 3.05) is 13.1 Å². The van der Waals surface area contributed by atoms with Crippen LogP contribution in [0.4, 0.5) is 0 Å². The van der Waals surface area contributed by atoms with E-state index in [1.54, 1.807) is 0 Å². The first-order chi connectivity index (χ1) is 10.7. The Morgan fingerprint density at radius 2 is 1.96 bits per heavy atom. The predicted octanol–water partition coefficient (Wildman–Crippen LogP) is 3.22. The number of nitrogens with zero attached hydrogens (tertiary/aromatic N) is 2. The second-order valence-electron chi connectivity index (χ2n) is 6.96. The van der Waals surface area contributed by atoms with Crippen LogP contribution in [0.3, 0.4) is 0 Å². The number of carbonyl (C=O) groups is 1. The van der Waals surface area contributed by atoms with E-state index in [9.17, 15) is 4.79 Å². The highest BCUT2D eigenvalue weighted by Gasteiger charge is 2.31. The minimum absolute atomic E-state index is 0. The van der Waals surface area contributed by atoms with E-state index >= 15 is 0 Å². The normalized spacial score (nSPS) is 24.6. The maximum atomic E-state index is 12.6. The molecule has 1 saturated heterocycles. The summed E-state index contributed by atoms with van der Waals surface area (Å²) in [4.78, 5) is 18.9. The fourth-order valence-corrected chi connectivity index (χ4v) is 3.92. The monoisotopic (exact) mass is 373 g/mol. The van der Waals surface area contributed by atoms with Crippen molar-refractivity contribution in [3.63, 3.8) is 0 Å². The van der Waals surface area contributed by atoms with Crippen LogP contribution in [-0.4, -0.2) is 34.9 Å². The average molecular weight is 374 g/mol. The molecular weight excluding hydrogens is 345 g/mol. The summed E-state index contributed by atoms with van der Waals surface area (Å²) in [7, 11) is 0. The number of hydrogen-bond acceptors (Lipinski definition) is 3. The lowest BCUT2D eigenvalue weighted by Gasteiger charge is -2.36. The second-order valence-corrected chi connectivity index (χ2v) is 6.96. The zero-order valence-electron chi connectivity index (χ0n) is 14.1. The highest BCUT2D eigenvalue weighted by Crippen LogP contribution is 2.28. The lowest BCUT2D eigenvalue weighted by molar-refractivity contribution is -0.138. The van der Waals surface area contributed by atoms with E-state index in [1.165, 1.54) is 5.56 Å². The molecule has 1 aromatic heterocycles. The van der Waals surface area contributed by atoms with Crippen LogP contribution in [0.5, 0.6) is 0 Å². The molecule has 2 heterocycles. The summed E-state index contributed by atoms with van der Waals surface area (Å²) in [5.41, 5.74) is 7.33. The first-order valence-corrected chi connectivity index (χ1v) is 8.65. The smallest absolute Gasteiger partial charge is 0.225 e. The van der Waals surface area contributed by atoms with Crippen LogP contribution in [0.1, 0.15) is 44.1 Å². The van der Waals surface area contributed by atoms with Crippen LogP contribution >= 0.6 is 24.8 Å². The molecular formula is C18H29Cl2N3O. The molecule has 0 aromatic carbocycles. The van der Waals surface area contributed by atoms with E-state index in [4.69, 9.17) is 5.73 Å². The van der Waals surface area contributed by atoms with Gasteiger partial charge >= 0.3 is 0 Å². The number of hydrogen-bond donors (Lipinski definition) is 1. The predicted molar refractivity (Wildman–Crippen MR) is 102 cm³/mol.